The Morgan fingerprint density at radius 2 is 1.55 bits per heavy atom. The molecular formula is C23H30N4O4. The predicted molar refractivity (Wildman–Crippen MR) is 122 cm³/mol. The summed E-state index contributed by atoms with van der Waals surface area (Å²) in [5, 5.41) is 8.30. The lowest BCUT2D eigenvalue weighted by Gasteiger charge is -2.18. The van der Waals surface area contributed by atoms with Gasteiger partial charge >= 0.3 is 6.03 Å². The van der Waals surface area contributed by atoms with Crippen molar-refractivity contribution in [2.45, 2.75) is 20.8 Å². The summed E-state index contributed by atoms with van der Waals surface area (Å²) in [5.74, 6) is 0.0924. The van der Waals surface area contributed by atoms with E-state index in [4.69, 9.17) is 4.74 Å². The van der Waals surface area contributed by atoms with Gasteiger partial charge in [0.15, 0.2) is 5.78 Å². The van der Waals surface area contributed by atoms with Crippen molar-refractivity contribution in [3.63, 3.8) is 0 Å². The molecule has 0 unspecified atom stereocenters. The summed E-state index contributed by atoms with van der Waals surface area (Å²) in [4.78, 5) is 38.3. The van der Waals surface area contributed by atoms with E-state index in [1.165, 1.54) is 14.0 Å². The Labute approximate surface area is 183 Å². The molecule has 2 rings (SSSR count). The third-order valence-electron chi connectivity index (χ3n) is 4.86. The van der Waals surface area contributed by atoms with Crippen LogP contribution in [0.1, 0.15) is 41.5 Å². The molecule has 0 heterocycles. The van der Waals surface area contributed by atoms with E-state index in [1.54, 1.807) is 42.5 Å². The van der Waals surface area contributed by atoms with Gasteiger partial charge in [-0.15, -0.1) is 0 Å². The van der Waals surface area contributed by atoms with Crippen LogP contribution in [-0.4, -0.2) is 55.9 Å². The van der Waals surface area contributed by atoms with Crippen LogP contribution in [0.5, 0.6) is 5.75 Å². The molecule has 3 N–H and O–H groups in total. The van der Waals surface area contributed by atoms with E-state index in [0.717, 1.165) is 19.6 Å². The fourth-order valence-electron chi connectivity index (χ4n) is 3.00. The molecule has 0 spiro atoms. The molecule has 0 aromatic heterocycles. The molecule has 0 atom stereocenters. The summed E-state index contributed by atoms with van der Waals surface area (Å²) >= 11 is 0. The molecule has 0 radical (unpaired) electrons. The van der Waals surface area contributed by atoms with Crippen molar-refractivity contribution >= 4 is 29.1 Å². The molecule has 0 aliphatic carbocycles. The number of rotatable bonds is 10. The number of benzene rings is 2. The van der Waals surface area contributed by atoms with E-state index >= 15 is 0 Å². The van der Waals surface area contributed by atoms with Crippen LogP contribution in [-0.2, 0) is 0 Å². The van der Waals surface area contributed by atoms with Crippen molar-refractivity contribution in [2.24, 2.45) is 0 Å². The maximum absolute atomic E-state index is 12.5. The Morgan fingerprint density at radius 1 is 0.935 bits per heavy atom. The number of ether oxygens (including phenoxy) is 1. The number of anilines is 2. The summed E-state index contributed by atoms with van der Waals surface area (Å²) in [6.45, 7) is 8.81. The topological polar surface area (TPSA) is 99.8 Å². The zero-order valence-corrected chi connectivity index (χ0v) is 18.5. The fourth-order valence-corrected chi connectivity index (χ4v) is 3.00. The predicted octanol–water partition coefficient (Wildman–Crippen LogP) is 3.61. The molecule has 0 bridgehead atoms. The zero-order chi connectivity index (χ0) is 22.8. The standard InChI is InChI=1S/C23H30N4O4/c1-5-27(6-2)14-13-24-22(29)20-12-11-19(15-21(20)31-4)26-23(30)25-18-9-7-17(8-10-18)16(3)28/h7-12,15H,5-6,13-14H2,1-4H3,(H,24,29)(H2,25,26,30). The van der Waals surface area contributed by atoms with Gasteiger partial charge in [0.1, 0.15) is 5.75 Å². The molecule has 0 saturated carbocycles. The van der Waals surface area contributed by atoms with Crippen molar-refractivity contribution in [3.05, 3.63) is 53.6 Å². The number of carbonyl (C=O) groups excluding carboxylic acids is 3. The van der Waals surface area contributed by atoms with Gasteiger partial charge in [0.05, 0.1) is 12.7 Å². The lowest BCUT2D eigenvalue weighted by molar-refractivity contribution is 0.0945. The number of amides is 3. The van der Waals surface area contributed by atoms with E-state index in [2.05, 4.69) is 34.7 Å². The summed E-state index contributed by atoms with van der Waals surface area (Å²) in [7, 11) is 1.47. The Kier molecular flexibility index (Phi) is 9.02. The van der Waals surface area contributed by atoms with Crippen LogP contribution >= 0.6 is 0 Å². The number of Topliss-reactive ketones (excluding diaryl/α,β-unsaturated/α-hetero) is 1. The average Bonchev–Trinajstić information content (AvgIpc) is 2.76. The minimum Gasteiger partial charge on any atom is -0.496 e. The summed E-state index contributed by atoms with van der Waals surface area (Å²) < 4.78 is 5.34. The largest absolute Gasteiger partial charge is 0.496 e. The normalized spacial score (nSPS) is 10.5. The molecule has 31 heavy (non-hydrogen) atoms. The first-order valence-electron chi connectivity index (χ1n) is 10.3. The molecule has 3 amide bonds. The quantitative estimate of drug-likeness (QED) is 0.504. The highest BCUT2D eigenvalue weighted by Gasteiger charge is 2.14. The van der Waals surface area contributed by atoms with Crippen molar-refractivity contribution in [2.75, 3.05) is 43.9 Å². The molecule has 0 saturated heterocycles. The smallest absolute Gasteiger partial charge is 0.323 e. The van der Waals surface area contributed by atoms with Crippen LogP contribution in [0, 0.1) is 0 Å². The fraction of sp³-hybridized carbons (Fsp3) is 0.348. The maximum Gasteiger partial charge on any atom is 0.323 e. The van der Waals surface area contributed by atoms with Gasteiger partial charge in [-0.25, -0.2) is 4.79 Å². The van der Waals surface area contributed by atoms with Crippen LogP contribution in [0.25, 0.3) is 0 Å². The van der Waals surface area contributed by atoms with E-state index < -0.39 is 6.03 Å². The van der Waals surface area contributed by atoms with Crippen molar-refractivity contribution in [1.29, 1.82) is 0 Å². The Hall–Kier alpha value is -3.39. The number of carbonyl (C=O) groups is 3. The first-order chi connectivity index (χ1) is 14.9. The first-order valence-corrected chi connectivity index (χ1v) is 10.3. The second-order valence-corrected chi connectivity index (χ2v) is 6.91. The maximum atomic E-state index is 12.5. The highest BCUT2D eigenvalue weighted by molar-refractivity contribution is 6.02. The minimum atomic E-state index is -0.450. The molecule has 8 nitrogen and oxygen atoms in total. The number of ketones is 1. The van der Waals surface area contributed by atoms with Gasteiger partial charge in [0.25, 0.3) is 5.91 Å². The molecule has 2 aromatic carbocycles. The molecule has 0 fully saturated rings. The number of urea groups is 1. The lowest BCUT2D eigenvalue weighted by Crippen LogP contribution is -2.34. The van der Waals surface area contributed by atoms with E-state index in [-0.39, 0.29) is 11.7 Å². The molecule has 8 heteroatoms. The highest BCUT2D eigenvalue weighted by atomic mass is 16.5. The first kappa shape index (κ1) is 23.9. The number of nitrogens with zero attached hydrogens (tertiary/aromatic N) is 1. The third kappa shape index (κ3) is 7.11. The van der Waals surface area contributed by atoms with Crippen molar-refractivity contribution in [3.8, 4) is 5.75 Å². The summed E-state index contributed by atoms with van der Waals surface area (Å²) in [5.41, 5.74) is 2.00. The van der Waals surface area contributed by atoms with Gasteiger partial charge in [0, 0.05) is 36.1 Å². The van der Waals surface area contributed by atoms with E-state index in [1.807, 2.05) is 0 Å². The van der Waals surface area contributed by atoms with Crippen LogP contribution < -0.4 is 20.7 Å². The monoisotopic (exact) mass is 426 g/mol. The molecule has 2 aromatic rings. The van der Waals surface area contributed by atoms with E-state index in [0.29, 0.717) is 34.8 Å². The van der Waals surface area contributed by atoms with Crippen molar-refractivity contribution in [1.82, 2.24) is 10.2 Å². The molecular weight excluding hydrogens is 396 g/mol. The van der Waals surface area contributed by atoms with Crippen LogP contribution in [0.2, 0.25) is 0 Å². The van der Waals surface area contributed by atoms with Gasteiger partial charge in [-0.1, -0.05) is 13.8 Å². The van der Waals surface area contributed by atoms with Crippen LogP contribution in [0.15, 0.2) is 42.5 Å². The van der Waals surface area contributed by atoms with Crippen molar-refractivity contribution < 1.29 is 19.1 Å². The number of nitrogens with one attached hydrogen (secondary N) is 3. The van der Waals surface area contributed by atoms with Crippen LogP contribution in [0.3, 0.4) is 0 Å². The Morgan fingerprint density at radius 3 is 2.13 bits per heavy atom. The van der Waals surface area contributed by atoms with E-state index in [9.17, 15) is 14.4 Å². The lowest BCUT2D eigenvalue weighted by atomic mass is 10.1. The highest BCUT2D eigenvalue weighted by Crippen LogP contribution is 2.23. The average molecular weight is 427 g/mol. The number of hydrogen-bond donors (Lipinski definition) is 3. The second-order valence-electron chi connectivity index (χ2n) is 6.91. The zero-order valence-electron chi connectivity index (χ0n) is 18.5. The molecule has 0 aliphatic heterocycles. The SMILES string of the molecule is CCN(CC)CCNC(=O)c1ccc(NC(=O)Nc2ccc(C(C)=O)cc2)cc1OC. The number of methoxy groups -OCH3 is 1. The summed E-state index contributed by atoms with van der Waals surface area (Å²) in [6, 6.07) is 11.0. The molecule has 166 valence electrons. The van der Waals surface area contributed by atoms with Gasteiger partial charge in [0.2, 0.25) is 0 Å². The van der Waals surface area contributed by atoms with Gasteiger partial charge in [-0.2, -0.15) is 0 Å². The van der Waals surface area contributed by atoms with Gasteiger partial charge < -0.3 is 25.6 Å². The summed E-state index contributed by atoms with van der Waals surface area (Å²) in [6.07, 6.45) is 0. The number of hydrogen-bond acceptors (Lipinski definition) is 5. The Bertz CT molecular complexity index is 908. The van der Waals surface area contributed by atoms with Crippen LogP contribution in [0.4, 0.5) is 16.2 Å². The van der Waals surface area contributed by atoms with Gasteiger partial charge in [-0.3, -0.25) is 9.59 Å². The second kappa shape index (κ2) is 11.7. The minimum absolute atomic E-state index is 0.0414. The Balaban J connectivity index is 1.97. The molecule has 0 aliphatic rings. The third-order valence-corrected chi connectivity index (χ3v) is 4.86. The van der Waals surface area contributed by atoms with Gasteiger partial charge in [-0.05, 0) is 56.4 Å². The number of likely N-dealkylation sites (N-methyl/N-ethyl adjacent to an activating group) is 1.